The van der Waals surface area contributed by atoms with E-state index in [0.29, 0.717) is 22.6 Å². The predicted molar refractivity (Wildman–Crippen MR) is 89.7 cm³/mol. The molecule has 3 rings (SSSR count). The van der Waals surface area contributed by atoms with E-state index in [0.717, 1.165) is 5.56 Å². The summed E-state index contributed by atoms with van der Waals surface area (Å²) in [4.78, 5) is 26.2. The molecule has 0 saturated heterocycles. The number of aromatic amines is 1. The second-order valence-corrected chi connectivity index (χ2v) is 6.35. The van der Waals surface area contributed by atoms with Gasteiger partial charge in [-0.05, 0) is 37.1 Å². The first-order chi connectivity index (χ1) is 11.5. The lowest BCUT2D eigenvalue weighted by molar-refractivity contribution is 0.240. The van der Waals surface area contributed by atoms with Gasteiger partial charge in [-0.1, -0.05) is 17.7 Å². The van der Waals surface area contributed by atoms with Crippen LogP contribution in [0.4, 0.5) is 9.18 Å². The van der Waals surface area contributed by atoms with E-state index in [1.165, 1.54) is 6.07 Å². The van der Waals surface area contributed by atoms with Crippen molar-refractivity contribution in [2.75, 3.05) is 0 Å². The van der Waals surface area contributed by atoms with Crippen LogP contribution >= 0.6 is 11.6 Å². The van der Waals surface area contributed by atoms with Gasteiger partial charge < -0.3 is 15.6 Å². The van der Waals surface area contributed by atoms with Gasteiger partial charge in [0.2, 0.25) is 0 Å². The predicted octanol–water partition coefficient (Wildman–Crippen LogP) is 2.83. The van der Waals surface area contributed by atoms with Gasteiger partial charge in [0.1, 0.15) is 5.82 Å². The second-order valence-electron chi connectivity index (χ2n) is 5.94. The van der Waals surface area contributed by atoms with E-state index in [1.54, 1.807) is 24.4 Å². The number of H-pyrrole nitrogens is 1. The van der Waals surface area contributed by atoms with E-state index >= 15 is 0 Å². The number of aryl methyl sites for hydroxylation is 1. The molecule has 2 amide bonds. The van der Waals surface area contributed by atoms with E-state index in [-0.39, 0.29) is 29.9 Å². The normalized spacial score (nSPS) is 19.0. The summed E-state index contributed by atoms with van der Waals surface area (Å²) in [5, 5.41) is 5.79. The molecule has 2 aromatic rings. The van der Waals surface area contributed by atoms with Crippen LogP contribution < -0.4 is 16.2 Å². The number of aromatic nitrogens is 1. The molecule has 2 atom stereocenters. The third-order valence-corrected chi connectivity index (χ3v) is 4.37. The summed E-state index contributed by atoms with van der Waals surface area (Å²) in [6.07, 6.45) is 2.25. The van der Waals surface area contributed by atoms with Crippen molar-refractivity contribution in [3.63, 3.8) is 0 Å². The molecule has 1 aliphatic carbocycles. The van der Waals surface area contributed by atoms with Crippen LogP contribution in [0, 0.1) is 12.7 Å². The van der Waals surface area contributed by atoms with Crippen LogP contribution in [0.1, 0.15) is 29.0 Å². The third-order valence-electron chi connectivity index (χ3n) is 4.04. The Bertz CT molecular complexity index is 817. The number of amides is 2. The number of hydrogen-bond donors (Lipinski definition) is 3. The molecule has 24 heavy (non-hydrogen) atoms. The molecule has 3 N–H and O–H groups in total. The molecule has 1 aromatic carbocycles. The van der Waals surface area contributed by atoms with Gasteiger partial charge in [0.25, 0.3) is 5.56 Å². The monoisotopic (exact) mass is 349 g/mol. The van der Waals surface area contributed by atoms with Crippen LogP contribution in [0.25, 0.3) is 0 Å². The van der Waals surface area contributed by atoms with Gasteiger partial charge in [0.05, 0.1) is 0 Å². The molecule has 7 heteroatoms. The largest absolute Gasteiger partial charge is 0.335 e. The molecule has 0 unspecified atom stereocenters. The molecule has 0 radical (unpaired) electrons. The van der Waals surface area contributed by atoms with Crippen molar-refractivity contribution in [3.05, 3.63) is 68.3 Å². The highest BCUT2D eigenvalue weighted by molar-refractivity contribution is 6.31. The number of carbonyl (C=O) groups excluding carboxylic acids is 1. The smallest absolute Gasteiger partial charge is 0.315 e. The summed E-state index contributed by atoms with van der Waals surface area (Å²) in [6.45, 7) is 1.98. The Morgan fingerprint density at radius 3 is 3.00 bits per heavy atom. The van der Waals surface area contributed by atoms with E-state index in [4.69, 9.17) is 11.6 Å². The number of nitrogens with one attached hydrogen (secondary N) is 3. The number of urea groups is 1. The Labute approximate surface area is 143 Å². The topological polar surface area (TPSA) is 74.0 Å². The molecular weight excluding hydrogens is 333 g/mol. The fourth-order valence-electron chi connectivity index (χ4n) is 2.72. The summed E-state index contributed by atoms with van der Waals surface area (Å²) in [5.74, 6) is -0.477. The van der Waals surface area contributed by atoms with Gasteiger partial charge in [0.15, 0.2) is 0 Å². The zero-order valence-corrected chi connectivity index (χ0v) is 13.8. The molecule has 0 spiro atoms. The zero-order valence-electron chi connectivity index (χ0n) is 13.0. The SMILES string of the molecule is Cc1c[nH]c(=O)c(CNC(=O)N[C@@H]2C[C@H]2c2c(F)cccc2Cl)c1. The number of pyridine rings is 1. The van der Waals surface area contributed by atoms with Gasteiger partial charge in [-0.25, -0.2) is 9.18 Å². The number of benzene rings is 1. The number of hydrogen-bond acceptors (Lipinski definition) is 2. The minimum absolute atomic E-state index is 0.119. The maximum absolute atomic E-state index is 13.9. The van der Waals surface area contributed by atoms with Crippen LogP contribution in [0.2, 0.25) is 5.02 Å². The molecule has 0 bridgehead atoms. The zero-order chi connectivity index (χ0) is 17.3. The Morgan fingerprint density at radius 1 is 1.46 bits per heavy atom. The number of halogens is 2. The van der Waals surface area contributed by atoms with Crippen molar-refractivity contribution in [2.24, 2.45) is 0 Å². The van der Waals surface area contributed by atoms with Crippen LogP contribution in [0.15, 0.2) is 35.3 Å². The number of carbonyl (C=O) groups is 1. The molecule has 1 saturated carbocycles. The quantitative estimate of drug-likeness (QED) is 0.794. The van der Waals surface area contributed by atoms with Gasteiger partial charge in [0, 0.05) is 40.9 Å². The third kappa shape index (κ3) is 3.59. The average Bonchev–Trinajstić information content (AvgIpc) is 3.26. The van der Waals surface area contributed by atoms with E-state index in [1.807, 2.05) is 6.92 Å². The Kier molecular flexibility index (Phi) is 4.57. The molecule has 1 aromatic heterocycles. The summed E-state index contributed by atoms with van der Waals surface area (Å²) < 4.78 is 13.9. The molecule has 0 aliphatic heterocycles. The van der Waals surface area contributed by atoms with Crippen molar-refractivity contribution >= 4 is 17.6 Å². The maximum Gasteiger partial charge on any atom is 0.315 e. The fraction of sp³-hybridized carbons (Fsp3) is 0.294. The molecule has 5 nitrogen and oxygen atoms in total. The lowest BCUT2D eigenvalue weighted by Crippen LogP contribution is -2.38. The highest BCUT2D eigenvalue weighted by Crippen LogP contribution is 2.44. The van der Waals surface area contributed by atoms with E-state index in [9.17, 15) is 14.0 Å². The molecule has 1 heterocycles. The minimum atomic E-state index is -0.393. The first kappa shape index (κ1) is 16.5. The van der Waals surface area contributed by atoms with Crippen LogP contribution in [-0.4, -0.2) is 17.1 Å². The van der Waals surface area contributed by atoms with Gasteiger partial charge >= 0.3 is 6.03 Å². The van der Waals surface area contributed by atoms with Crippen molar-refractivity contribution < 1.29 is 9.18 Å². The minimum Gasteiger partial charge on any atom is -0.335 e. The standard InChI is InChI=1S/C17H17ClFN3O2/c1-9-5-10(16(23)20-7-9)8-21-17(24)22-14-6-11(14)15-12(18)3-2-4-13(15)19/h2-5,7,11,14H,6,8H2,1H3,(H,20,23)(H2,21,22,24)/t11-,14-/m1/s1. The van der Waals surface area contributed by atoms with Crippen LogP contribution in [0.3, 0.4) is 0 Å². The summed E-state index contributed by atoms with van der Waals surface area (Å²) in [7, 11) is 0. The number of rotatable bonds is 4. The molecule has 1 fully saturated rings. The van der Waals surface area contributed by atoms with Gasteiger partial charge in [-0.15, -0.1) is 0 Å². The molecular formula is C17H17ClFN3O2. The van der Waals surface area contributed by atoms with Crippen LogP contribution in [0.5, 0.6) is 0 Å². The molecule has 1 aliphatic rings. The first-order valence-corrected chi connectivity index (χ1v) is 8.00. The van der Waals surface area contributed by atoms with Crippen molar-refractivity contribution in [3.8, 4) is 0 Å². The summed E-state index contributed by atoms with van der Waals surface area (Å²) >= 11 is 6.03. The van der Waals surface area contributed by atoms with Crippen molar-refractivity contribution in [1.29, 1.82) is 0 Å². The Balaban J connectivity index is 1.55. The van der Waals surface area contributed by atoms with E-state index in [2.05, 4.69) is 15.6 Å². The highest BCUT2D eigenvalue weighted by atomic mass is 35.5. The molecule has 126 valence electrons. The first-order valence-electron chi connectivity index (χ1n) is 7.62. The summed E-state index contributed by atoms with van der Waals surface area (Å²) in [6, 6.07) is 5.72. The van der Waals surface area contributed by atoms with Crippen LogP contribution in [-0.2, 0) is 6.54 Å². The lowest BCUT2D eigenvalue weighted by Gasteiger charge is -2.09. The van der Waals surface area contributed by atoms with Gasteiger partial charge in [-0.3, -0.25) is 4.79 Å². The van der Waals surface area contributed by atoms with Crippen molar-refractivity contribution in [2.45, 2.75) is 31.8 Å². The average molecular weight is 350 g/mol. The lowest BCUT2D eigenvalue weighted by atomic mass is 10.1. The summed E-state index contributed by atoms with van der Waals surface area (Å²) in [5.41, 5.74) is 1.60. The van der Waals surface area contributed by atoms with Gasteiger partial charge in [-0.2, -0.15) is 0 Å². The maximum atomic E-state index is 13.9. The Hall–Kier alpha value is -2.34. The van der Waals surface area contributed by atoms with Crippen molar-refractivity contribution in [1.82, 2.24) is 15.6 Å². The fourth-order valence-corrected chi connectivity index (χ4v) is 3.02. The van der Waals surface area contributed by atoms with E-state index < -0.39 is 6.03 Å². The Morgan fingerprint density at radius 2 is 2.25 bits per heavy atom. The second kappa shape index (κ2) is 6.65. The highest BCUT2D eigenvalue weighted by Gasteiger charge is 2.42.